The van der Waals surface area contributed by atoms with Crippen LogP contribution in [0.25, 0.3) is 0 Å². The molecule has 0 aliphatic rings. The molecule has 64 valence electrons. The van der Waals surface area contributed by atoms with Gasteiger partial charge in [-0.15, -0.1) is 5.73 Å². The van der Waals surface area contributed by atoms with Gasteiger partial charge in [-0.3, -0.25) is 0 Å². The van der Waals surface area contributed by atoms with Crippen molar-refractivity contribution in [1.29, 1.82) is 0 Å². The Kier molecular flexibility index (Phi) is 5.83. The minimum absolute atomic E-state index is 0.424. The molecule has 1 heteroatoms. The van der Waals surface area contributed by atoms with Crippen molar-refractivity contribution in [2.45, 2.75) is 26.9 Å². The van der Waals surface area contributed by atoms with Crippen LogP contribution < -0.4 is 0 Å². The minimum atomic E-state index is -0.424. The highest BCUT2D eigenvalue weighted by Gasteiger charge is 1.79. The van der Waals surface area contributed by atoms with E-state index in [9.17, 15) is 0 Å². The lowest BCUT2D eigenvalue weighted by atomic mass is 10.3. The third kappa shape index (κ3) is 8.78. The van der Waals surface area contributed by atoms with Gasteiger partial charge in [0.25, 0.3) is 0 Å². The van der Waals surface area contributed by atoms with Gasteiger partial charge >= 0.3 is 0 Å². The third-order valence-corrected chi connectivity index (χ3v) is 0.974. The van der Waals surface area contributed by atoms with Gasteiger partial charge in [0.15, 0.2) is 0 Å². The summed E-state index contributed by atoms with van der Waals surface area (Å²) in [6.45, 7) is 5.61. The molecule has 0 aliphatic heterocycles. The van der Waals surface area contributed by atoms with Crippen molar-refractivity contribution >= 4 is 0 Å². The molecular formula is C11H14O. The first-order valence-corrected chi connectivity index (χ1v) is 3.87. The van der Waals surface area contributed by atoms with Crippen LogP contribution in [0.5, 0.6) is 0 Å². The molecule has 0 fully saturated rings. The Morgan fingerprint density at radius 1 is 1.33 bits per heavy atom. The molecule has 1 atom stereocenters. The lowest BCUT2D eigenvalue weighted by molar-refractivity contribution is 0.244. The van der Waals surface area contributed by atoms with E-state index in [0.717, 1.165) is 5.57 Å². The van der Waals surface area contributed by atoms with E-state index < -0.39 is 6.10 Å². The van der Waals surface area contributed by atoms with Crippen LogP contribution in [0.4, 0.5) is 0 Å². The molecule has 0 amide bonds. The monoisotopic (exact) mass is 162 g/mol. The summed E-state index contributed by atoms with van der Waals surface area (Å²) in [6.07, 6.45) is 4.51. The van der Waals surface area contributed by atoms with Gasteiger partial charge in [-0.2, -0.15) is 0 Å². The number of allylic oxidation sites excluding steroid dienone is 2. The average Bonchev–Trinajstić information content (AvgIpc) is 1.95. The van der Waals surface area contributed by atoms with Gasteiger partial charge in [-0.25, -0.2) is 0 Å². The largest absolute Gasteiger partial charge is 0.389 e. The van der Waals surface area contributed by atoms with Crippen LogP contribution in [0.1, 0.15) is 20.8 Å². The van der Waals surface area contributed by atoms with Crippen molar-refractivity contribution in [3.8, 4) is 11.8 Å². The molecule has 1 N–H and O–H groups in total. The first-order valence-electron chi connectivity index (χ1n) is 3.87. The fraction of sp³-hybridized carbons (Fsp3) is 0.364. The molecule has 12 heavy (non-hydrogen) atoms. The highest BCUT2D eigenvalue weighted by molar-refractivity contribution is 5.24. The molecule has 0 radical (unpaired) electrons. The molecule has 0 rings (SSSR count). The van der Waals surface area contributed by atoms with Crippen LogP contribution in [0, 0.1) is 11.8 Å². The summed E-state index contributed by atoms with van der Waals surface area (Å²) in [5.74, 6) is 5.52. The van der Waals surface area contributed by atoms with Crippen molar-refractivity contribution < 1.29 is 5.11 Å². The van der Waals surface area contributed by atoms with Crippen LogP contribution in [-0.4, -0.2) is 11.2 Å². The Labute approximate surface area is 74.1 Å². The lowest BCUT2D eigenvalue weighted by Gasteiger charge is -1.87. The number of hydrogen-bond donors (Lipinski definition) is 1. The fourth-order valence-electron chi connectivity index (χ4n) is 0.458. The predicted octanol–water partition coefficient (Wildman–Crippen LogP) is 2.05. The van der Waals surface area contributed by atoms with Crippen LogP contribution in [-0.2, 0) is 0 Å². The molecule has 0 bridgehead atoms. The molecule has 1 nitrogen and oxygen atoms in total. The first-order chi connectivity index (χ1) is 5.63. The highest BCUT2D eigenvalue weighted by Crippen LogP contribution is 1.82. The van der Waals surface area contributed by atoms with E-state index in [1.165, 1.54) is 0 Å². The van der Waals surface area contributed by atoms with Gasteiger partial charge in [-0.1, -0.05) is 11.8 Å². The summed E-state index contributed by atoms with van der Waals surface area (Å²) in [4.78, 5) is 0. The van der Waals surface area contributed by atoms with Crippen LogP contribution in [0.2, 0.25) is 0 Å². The zero-order valence-corrected chi connectivity index (χ0v) is 7.76. The van der Waals surface area contributed by atoms with E-state index in [4.69, 9.17) is 5.11 Å². The summed E-state index contributed by atoms with van der Waals surface area (Å²) >= 11 is 0. The summed E-state index contributed by atoms with van der Waals surface area (Å²) in [6, 6.07) is 0. The maximum Gasteiger partial charge on any atom is 0.0701 e. The summed E-state index contributed by atoms with van der Waals surface area (Å²) < 4.78 is 0. The second-order valence-corrected chi connectivity index (χ2v) is 2.68. The van der Waals surface area contributed by atoms with E-state index >= 15 is 0 Å². The van der Waals surface area contributed by atoms with Crippen LogP contribution in [0.15, 0.2) is 29.5 Å². The standard InChI is InChI=1S/C11H14O/c1-10(2)8-6-4-5-7-9-11(3)12/h6-7,9,11-12H,1-3H3. The molecule has 0 saturated heterocycles. The van der Waals surface area contributed by atoms with E-state index in [1.54, 1.807) is 25.2 Å². The van der Waals surface area contributed by atoms with Crippen molar-refractivity contribution in [2.75, 3.05) is 0 Å². The molecule has 1 unspecified atom stereocenters. The second-order valence-electron chi connectivity index (χ2n) is 2.68. The molecule has 0 aromatic rings. The summed E-state index contributed by atoms with van der Waals surface area (Å²) in [7, 11) is 0. The van der Waals surface area contributed by atoms with Gasteiger partial charge in [0.05, 0.1) is 6.10 Å². The molecule has 0 aromatic carbocycles. The lowest BCUT2D eigenvalue weighted by Crippen LogP contribution is -1.90. The molecule has 0 aromatic heterocycles. The van der Waals surface area contributed by atoms with Crippen LogP contribution >= 0.6 is 0 Å². The molecule has 0 heterocycles. The summed E-state index contributed by atoms with van der Waals surface area (Å²) in [5.41, 5.74) is 4.06. The maximum atomic E-state index is 8.81. The topological polar surface area (TPSA) is 20.2 Å². The number of aliphatic hydroxyl groups is 1. The van der Waals surface area contributed by atoms with E-state index in [-0.39, 0.29) is 0 Å². The summed E-state index contributed by atoms with van der Waals surface area (Å²) in [5, 5.41) is 8.81. The number of rotatable bonds is 1. The number of hydrogen-bond acceptors (Lipinski definition) is 1. The Morgan fingerprint density at radius 2 is 2.00 bits per heavy atom. The molecule has 0 aliphatic carbocycles. The smallest absolute Gasteiger partial charge is 0.0701 e. The van der Waals surface area contributed by atoms with E-state index in [2.05, 4.69) is 17.6 Å². The predicted molar refractivity (Wildman–Crippen MR) is 51.5 cm³/mol. The first kappa shape index (κ1) is 10.8. The average molecular weight is 162 g/mol. The van der Waals surface area contributed by atoms with Crippen molar-refractivity contribution in [3.05, 3.63) is 29.5 Å². The Morgan fingerprint density at radius 3 is 2.50 bits per heavy atom. The maximum absolute atomic E-state index is 8.81. The van der Waals surface area contributed by atoms with Gasteiger partial charge < -0.3 is 5.11 Å². The number of aliphatic hydroxyl groups excluding tert-OH is 1. The zero-order chi connectivity index (χ0) is 9.40. The van der Waals surface area contributed by atoms with Crippen molar-refractivity contribution in [2.24, 2.45) is 0 Å². The van der Waals surface area contributed by atoms with E-state index in [0.29, 0.717) is 0 Å². The molecule has 0 spiro atoms. The van der Waals surface area contributed by atoms with Gasteiger partial charge in [-0.05, 0) is 38.5 Å². The van der Waals surface area contributed by atoms with Crippen molar-refractivity contribution in [1.82, 2.24) is 0 Å². The second kappa shape index (κ2) is 6.49. The zero-order valence-electron chi connectivity index (χ0n) is 7.76. The van der Waals surface area contributed by atoms with Gasteiger partial charge in [0.1, 0.15) is 0 Å². The SMILES string of the molecule is CC(C)=C=CC#CC=CC(C)O. The molecule has 0 saturated carbocycles. The Bertz CT molecular complexity index is 261. The van der Waals surface area contributed by atoms with Gasteiger partial charge in [0.2, 0.25) is 0 Å². The normalized spacial score (nSPS) is 11.3. The van der Waals surface area contributed by atoms with E-state index in [1.807, 2.05) is 13.8 Å². The third-order valence-electron chi connectivity index (χ3n) is 0.974. The fourth-order valence-corrected chi connectivity index (χ4v) is 0.458. The Hall–Kier alpha value is -1.22. The minimum Gasteiger partial charge on any atom is -0.389 e. The van der Waals surface area contributed by atoms with Crippen molar-refractivity contribution in [3.63, 3.8) is 0 Å². The Balaban J connectivity index is 4.00. The quantitative estimate of drug-likeness (QED) is 0.462. The van der Waals surface area contributed by atoms with Crippen LogP contribution in [0.3, 0.4) is 0 Å². The van der Waals surface area contributed by atoms with Gasteiger partial charge in [0, 0.05) is 6.08 Å². The highest BCUT2D eigenvalue weighted by atomic mass is 16.3. The molecular weight excluding hydrogens is 148 g/mol.